The van der Waals surface area contributed by atoms with Crippen LogP contribution in [-0.4, -0.2) is 21.2 Å². The molecule has 0 spiro atoms. The Morgan fingerprint density at radius 2 is 2.05 bits per heavy atom. The first-order chi connectivity index (χ1) is 9.27. The van der Waals surface area contributed by atoms with Gasteiger partial charge < -0.3 is 10.4 Å². The number of benzene rings is 1. The maximum Gasteiger partial charge on any atom is 0.260 e. The predicted octanol–water partition coefficient (Wildman–Crippen LogP) is 3.43. The van der Waals surface area contributed by atoms with Crippen LogP contribution < -0.4 is 5.32 Å². The highest BCUT2D eigenvalue weighted by atomic mass is 79.9. The topological polar surface area (TPSA) is 78.0 Å². The van der Waals surface area contributed by atoms with Crippen molar-refractivity contribution >= 4 is 27.7 Å². The van der Waals surface area contributed by atoms with Gasteiger partial charge in [-0.25, -0.2) is 0 Å². The number of carbonyl (C=O) groups excluding carboxylic acids is 1. The number of aromatic nitrogens is 2. The second-order valence-electron chi connectivity index (χ2n) is 5.53. The fourth-order valence-electron chi connectivity index (χ4n) is 1.65. The van der Waals surface area contributed by atoms with Crippen LogP contribution in [0.3, 0.4) is 0 Å². The molecule has 1 aromatic heterocycles. The summed E-state index contributed by atoms with van der Waals surface area (Å²) in [5.74, 6) is -0.0485. The van der Waals surface area contributed by atoms with Crippen LogP contribution in [0.1, 0.15) is 36.8 Å². The summed E-state index contributed by atoms with van der Waals surface area (Å²) in [6, 6.07) is 6.50. The number of carbonyl (C=O) groups is 1. The van der Waals surface area contributed by atoms with Gasteiger partial charge in [0.05, 0.1) is 5.56 Å². The lowest BCUT2D eigenvalue weighted by Crippen LogP contribution is -2.12. The van der Waals surface area contributed by atoms with E-state index in [0.717, 1.165) is 5.69 Å². The number of hydrogen-bond acceptors (Lipinski definition) is 3. The van der Waals surface area contributed by atoms with E-state index in [-0.39, 0.29) is 16.7 Å². The molecule has 5 nitrogen and oxygen atoms in total. The zero-order valence-electron chi connectivity index (χ0n) is 11.5. The number of phenols is 1. The molecule has 0 aliphatic rings. The number of nitrogens with one attached hydrogen (secondary N) is 2. The largest absolute Gasteiger partial charge is 0.507 e. The number of hydrogen-bond donors (Lipinski definition) is 3. The Balaban J connectivity index is 2.17. The van der Waals surface area contributed by atoms with Crippen LogP contribution in [-0.2, 0) is 5.41 Å². The molecule has 1 amide bonds. The molecule has 106 valence electrons. The van der Waals surface area contributed by atoms with Crippen LogP contribution in [0, 0.1) is 0 Å². The minimum Gasteiger partial charge on any atom is -0.507 e. The van der Waals surface area contributed by atoms with Gasteiger partial charge in [-0.2, -0.15) is 5.10 Å². The molecule has 6 heteroatoms. The standard InChI is InChI=1S/C14H16BrN3O2/c1-14(2,3)11-7-12(18-17-11)16-13(20)9-5-4-8(15)6-10(9)19/h4-7,19H,1-3H3,(H2,16,17,18,20). The molecule has 20 heavy (non-hydrogen) atoms. The van der Waals surface area contributed by atoms with E-state index in [1.807, 2.05) is 20.8 Å². The lowest BCUT2D eigenvalue weighted by atomic mass is 9.92. The van der Waals surface area contributed by atoms with Gasteiger partial charge in [-0.05, 0) is 18.2 Å². The molecule has 0 unspecified atom stereocenters. The summed E-state index contributed by atoms with van der Waals surface area (Å²) in [6.45, 7) is 6.14. The van der Waals surface area contributed by atoms with Gasteiger partial charge in [0.15, 0.2) is 5.82 Å². The Morgan fingerprint density at radius 1 is 1.35 bits per heavy atom. The summed E-state index contributed by atoms with van der Waals surface area (Å²) in [7, 11) is 0. The van der Waals surface area contributed by atoms with Crippen LogP contribution in [0.15, 0.2) is 28.7 Å². The number of anilines is 1. The van der Waals surface area contributed by atoms with Crippen molar-refractivity contribution in [3.05, 3.63) is 40.0 Å². The zero-order valence-corrected chi connectivity index (χ0v) is 13.1. The highest BCUT2D eigenvalue weighted by molar-refractivity contribution is 9.10. The van der Waals surface area contributed by atoms with E-state index in [1.54, 1.807) is 18.2 Å². The molecule has 2 aromatic rings. The van der Waals surface area contributed by atoms with Gasteiger partial charge in [0.25, 0.3) is 5.91 Å². The molecule has 3 N–H and O–H groups in total. The summed E-state index contributed by atoms with van der Waals surface area (Å²) in [6.07, 6.45) is 0. The van der Waals surface area contributed by atoms with Gasteiger partial charge >= 0.3 is 0 Å². The maximum atomic E-state index is 12.1. The molecule has 0 atom stereocenters. The first-order valence-electron chi connectivity index (χ1n) is 6.13. The Morgan fingerprint density at radius 3 is 2.60 bits per heavy atom. The Hall–Kier alpha value is -1.82. The average molecular weight is 338 g/mol. The number of rotatable bonds is 2. The van der Waals surface area contributed by atoms with Crippen molar-refractivity contribution in [1.29, 1.82) is 0 Å². The monoisotopic (exact) mass is 337 g/mol. The quantitative estimate of drug-likeness (QED) is 0.785. The van der Waals surface area contributed by atoms with Crippen LogP contribution in [0.25, 0.3) is 0 Å². The highest BCUT2D eigenvalue weighted by Crippen LogP contribution is 2.25. The normalized spacial score (nSPS) is 11.4. The van der Waals surface area contributed by atoms with Gasteiger partial charge in [-0.3, -0.25) is 9.89 Å². The smallest absolute Gasteiger partial charge is 0.260 e. The first kappa shape index (κ1) is 14.6. The second-order valence-corrected chi connectivity index (χ2v) is 6.45. The van der Waals surface area contributed by atoms with Crippen molar-refractivity contribution in [3.63, 3.8) is 0 Å². The third-order valence-electron chi connectivity index (χ3n) is 2.83. The Bertz CT molecular complexity index is 644. The van der Waals surface area contributed by atoms with Gasteiger partial charge in [-0.1, -0.05) is 36.7 Å². The fraction of sp³-hybridized carbons (Fsp3) is 0.286. The van der Waals surface area contributed by atoms with Crippen LogP contribution in [0.4, 0.5) is 5.82 Å². The molecule has 2 rings (SSSR count). The molecule has 0 saturated carbocycles. The predicted molar refractivity (Wildman–Crippen MR) is 81.0 cm³/mol. The molecule has 1 heterocycles. The lowest BCUT2D eigenvalue weighted by molar-refractivity contribution is 0.102. The van der Waals surface area contributed by atoms with Crippen molar-refractivity contribution in [1.82, 2.24) is 10.2 Å². The van der Waals surface area contributed by atoms with E-state index in [1.165, 1.54) is 6.07 Å². The number of phenolic OH excluding ortho intramolecular Hbond substituents is 1. The summed E-state index contributed by atoms with van der Waals surface area (Å²) in [5.41, 5.74) is 1.05. The number of nitrogens with zero attached hydrogens (tertiary/aromatic N) is 1. The number of aromatic amines is 1. The van der Waals surface area contributed by atoms with Crippen LogP contribution in [0.2, 0.25) is 0 Å². The Kier molecular flexibility index (Phi) is 3.85. The SMILES string of the molecule is CC(C)(C)c1cc(NC(=O)c2ccc(Br)cc2O)n[nH]1. The minimum atomic E-state index is -0.401. The van der Waals surface area contributed by atoms with Gasteiger partial charge in [0.2, 0.25) is 0 Å². The molecule has 0 radical (unpaired) electrons. The highest BCUT2D eigenvalue weighted by Gasteiger charge is 2.18. The maximum absolute atomic E-state index is 12.1. The molecule has 0 bridgehead atoms. The van der Waals surface area contributed by atoms with Crippen molar-refractivity contribution in [3.8, 4) is 5.75 Å². The van der Waals surface area contributed by atoms with Crippen LogP contribution >= 0.6 is 15.9 Å². The molecular weight excluding hydrogens is 322 g/mol. The van der Waals surface area contributed by atoms with Crippen molar-refractivity contribution < 1.29 is 9.90 Å². The van der Waals surface area contributed by atoms with Gasteiger partial charge in [0, 0.05) is 21.6 Å². The number of amides is 1. The molecule has 0 aliphatic heterocycles. The third-order valence-corrected chi connectivity index (χ3v) is 3.33. The lowest BCUT2D eigenvalue weighted by Gasteiger charge is -2.14. The van der Waals surface area contributed by atoms with Gasteiger partial charge in [0.1, 0.15) is 5.75 Å². The van der Waals surface area contributed by atoms with E-state index in [2.05, 4.69) is 31.4 Å². The zero-order chi connectivity index (χ0) is 14.9. The van der Waals surface area contributed by atoms with E-state index in [0.29, 0.717) is 10.3 Å². The van der Waals surface area contributed by atoms with E-state index in [4.69, 9.17) is 0 Å². The first-order valence-corrected chi connectivity index (χ1v) is 6.92. The van der Waals surface area contributed by atoms with E-state index in [9.17, 15) is 9.90 Å². The molecule has 0 saturated heterocycles. The van der Waals surface area contributed by atoms with Crippen molar-refractivity contribution in [2.75, 3.05) is 5.32 Å². The Labute approximate surface area is 125 Å². The van der Waals surface area contributed by atoms with Crippen LogP contribution in [0.5, 0.6) is 5.75 Å². The van der Waals surface area contributed by atoms with E-state index < -0.39 is 5.91 Å². The van der Waals surface area contributed by atoms with E-state index >= 15 is 0 Å². The molecular formula is C14H16BrN3O2. The van der Waals surface area contributed by atoms with Gasteiger partial charge in [-0.15, -0.1) is 0 Å². The summed E-state index contributed by atoms with van der Waals surface area (Å²) >= 11 is 3.23. The third kappa shape index (κ3) is 3.19. The number of aromatic hydroxyl groups is 1. The van der Waals surface area contributed by atoms with Crippen molar-refractivity contribution in [2.45, 2.75) is 26.2 Å². The number of H-pyrrole nitrogens is 1. The molecule has 0 aliphatic carbocycles. The second kappa shape index (κ2) is 5.28. The van der Waals surface area contributed by atoms with Crippen molar-refractivity contribution in [2.24, 2.45) is 0 Å². The molecule has 0 fully saturated rings. The summed E-state index contributed by atoms with van der Waals surface area (Å²) in [4.78, 5) is 12.1. The summed E-state index contributed by atoms with van der Waals surface area (Å²) in [5, 5.41) is 19.3. The number of halogens is 1. The minimum absolute atomic E-state index is 0.0737. The average Bonchev–Trinajstić information content (AvgIpc) is 2.76. The summed E-state index contributed by atoms with van der Waals surface area (Å²) < 4.78 is 0.710. The fourth-order valence-corrected chi connectivity index (χ4v) is 2.00. The molecule has 1 aromatic carbocycles.